The smallest absolute Gasteiger partial charge is 0.338 e. The molecule has 0 saturated heterocycles. The van der Waals surface area contributed by atoms with Crippen LogP contribution in [0.15, 0.2) is 24.3 Å². The van der Waals surface area contributed by atoms with E-state index in [0.717, 1.165) is 12.0 Å². The number of ether oxygens (including phenoxy) is 1. The molecule has 0 spiro atoms. The van der Waals surface area contributed by atoms with Crippen molar-refractivity contribution in [2.45, 2.75) is 26.8 Å². The van der Waals surface area contributed by atoms with E-state index < -0.39 is 0 Å². The molecule has 2 N–H and O–H groups in total. The van der Waals surface area contributed by atoms with Crippen LogP contribution in [0.1, 0.15) is 36.2 Å². The minimum Gasteiger partial charge on any atom is -0.462 e. The van der Waals surface area contributed by atoms with E-state index in [-0.39, 0.29) is 5.97 Å². The Morgan fingerprint density at radius 3 is 2.81 bits per heavy atom. The Bertz CT molecular complexity index is 348. The largest absolute Gasteiger partial charge is 0.462 e. The average molecular weight is 221 g/mol. The first-order chi connectivity index (χ1) is 7.63. The molecule has 0 unspecified atom stereocenters. The summed E-state index contributed by atoms with van der Waals surface area (Å²) < 4.78 is 5.16. The van der Waals surface area contributed by atoms with Crippen molar-refractivity contribution in [3.63, 3.8) is 0 Å². The van der Waals surface area contributed by atoms with Crippen LogP contribution in [0.5, 0.6) is 0 Å². The lowest BCUT2D eigenvalue weighted by molar-refractivity contribution is 0.0488. The first-order valence-electron chi connectivity index (χ1n) is 5.59. The Morgan fingerprint density at radius 2 is 2.19 bits per heavy atom. The second-order valence-corrected chi connectivity index (χ2v) is 4.22. The summed E-state index contributed by atoms with van der Waals surface area (Å²) in [6.45, 7) is 5.11. The summed E-state index contributed by atoms with van der Waals surface area (Å²) in [4.78, 5) is 11.6. The monoisotopic (exact) mass is 221 g/mol. The van der Waals surface area contributed by atoms with Gasteiger partial charge in [0.25, 0.3) is 0 Å². The maximum absolute atomic E-state index is 11.6. The molecule has 0 saturated carbocycles. The van der Waals surface area contributed by atoms with Gasteiger partial charge in [-0.1, -0.05) is 26.0 Å². The van der Waals surface area contributed by atoms with Crippen molar-refractivity contribution < 1.29 is 9.53 Å². The van der Waals surface area contributed by atoms with Crippen molar-refractivity contribution >= 4 is 5.97 Å². The Labute approximate surface area is 96.6 Å². The molecular formula is C13H19NO2. The maximum atomic E-state index is 11.6. The van der Waals surface area contributed by atoms with E-state index in [0.29, 0.717) is 24.6 Å². The molecule has 0 aliphatic rings. The fourth-order valence-electron chi connectivity index (χ4n) is 1.30. The molecule has 1 rings (SSSR count). The van der Waals surface area contributed by atoms with Crippen molar-refractivity contribution in [2.75, 3.05) is 6.61 Å². The Hall–Kier alpha value is -1.35. The molecule has 3 heteroatoms. The van der Waals surface area contributed by atoms with Gasteiger partial charge in [-0.05, 0) is 30.0 Å². The number of rotatable bonds is 5. The summed E-state index contributed by atoms with van der Waals surface area (Å²) in [6, 6.07) is 7.24. The Morgan fingerprint density at radius 1 is 1.44 bits per heavy atom. The third-order valence-electron chi connectivity index (χ3n) is 2.33. The predicted octanol–water partition coefficient (Wildman–Crippen LogP) is 2.35. The molecule has 0 atom stereocenters. The second kappa shape index (κ2) is 6.28. The van der Waals surface area contributed by atoms with Gasteiger partial charge in [0.2, 0.25) is 0 Å². The van der Waals surface area contributed by atoms with E-state index in [1.165, 1.54) is 0 Å². The van der Waals surface area contributed by atoms with Gasteiger partial charge in [0.1, 0.15) is 0 Å². The zero-order valence-electron chi connectivity index (χ0n) is 9.90. The third-order valence-corrected chi connectivity index (χ3v) is 2.33. The molecule has 3 nitrogen and oxygen atoms in total. The Kier molecular flexibility index (Phi) is 4.99. The molecule has 0 radical (unpaired) electrons. The lowest BCUT2D eigenvalue weighted by Crippen LogP contribution is -2.09. The van der Waals surface area contributed by atoms with Crippen LogP contribution in [0, 0.1) is 5.92 Å². The van der Waals surface area contributed by atoms with Crippen LogP contribution in [0.2, 0.25) is 0 Å². The van der Waals surface area contributed by atoms with Crippen LogP contribution in [-0.4, -0.2) is 12.6 Å². The minimum absolute atomic E-state index is 0.268. The number of hydrogen-bond acceptors (Lipinski definition) is 3. The van der Waals surface area contributed by atoms with Gasteiger partial charge in [-0.3, -0.25) is 0 Å². The van der Waals surface area contributed by atoms with E-state index in [9.17, 15) is 4.79 Å². The maximum Gasteiger partial charge on any atom is 0.338 e. The molecule has 0 fully saturated rings. The summed E-state index contributed by atoms with van der Waals surface area (Å²) in [7, 11) is 0. The quantitative estimate of drug-likeness (QED) is 0.776. The average Bonchev–Trinajstić information content (AvgIpc) is 2.28. The number of carbonyl (C=O) groups excluding carboxylic acids is 1. The highest BCUT2D eigenvalue weighted by Crippen LogP contribution is 2.07. The number of nitrogens with two attached hydrogens (primary N) is 1. The molecule has 1 aromatic carbocycles. The lowest BCUT2D eigenvalue weighted by atomic mass is 10.1. The third kappa shape index (κ3) is 4.03. The highest BCUT2D eigenvalue weighted by atomic mass is 16.5. The lowest BCUT2D eigenvalue weighted by Gasteiger charge is -2.07. The molecule has 1 aromatic rings. The summed E-state index contributed by atoms with van der Waals surface area (Å²) in [5.74, 6) is 0.277. The molecule has 0 aliphatic heterocycles. The fraction of sp³-hybridized carbons (Fsp3) is 0.462. The highest BCUT2D eigenvalue weighted by molar-refractivity contribution is 5.89. The normalized spacial score (nSPS) is 10.5. The van der Waals surface area contributed by atoms with Gasteiger partial charge in [0.05, 0.1) is 12.2 Å². The second-order valence-electron chi connectivity index (χ2n) is 4.22. The van der Waals surface area contributed by atoms with E-state index in [1.54, 1.807) is 12.1 Å². The highest BCUT2D eigenvalue weighted by Gasteiger charge is 2.07. The first kappa shape index (κ1) is 12.7. The minimum atomic E-state index is -0.268. The van der Waals surface area contributed by atoms with Crippen molar-refractivity contribution in [1.29, 1.82) is 0 Å². The standard InChI is InChI=1S/C13H19NO2/c1-10(2)6-7-16-13(15)12-5-3-4-11(8-12)9-14/h3-5,8,10H,6-7,9,14H2,1-2H3. The fourth-order valence-corrected chi connectivity index (χ4v) is 1.30. The predicted molar refractivity (Wildman–Crippen MR) is 64.1 cm³/mol. The Balaban J connectivity index is 2.52. The molecule has 0 bridgehead atoms. The van der Waals surface area contributed by atoms with Crippen molar-refractivity contribution in [3.05, 3.63) is 35.4 Å². The van der Waals surface area contributed by atoms with Crippen LogP contribution >= 0.6 is 0 Å². The molecule has 88 valence electrons. The SMILES string of the molecule is CC(C)CCOC(=O)c1cccc(CN)c1. The van der Waals surface area contributed by atoms with Crippen LogP contribution in [-0.2, 0) is 11.3 Å². The zero-order valence-corrected chi connectivity index (χ0v) is 9.90. The van der Waals surface area contributed by atoms with E-state index in [1.807, 2.05) is 12.1 Å². The van der Waals surface area contributed by atoms with Crippen molar-refractivity contribution in [1.82, 2.24) is 0 Å². The summed E-state index contributed by atoms with van der Waals surface area (Å²) in [6.07, 6.45) is 0.891. The van der Waals surface area contributed by atoms with Gasteiger partial charge >= 0.3 is 5.97 Å². The molecule has 0 aliphatic carbocycles. The number of esters is 1. The summed E-state index contributed by atoms with van der Waals surface area (Å²) in [5, 5.41) is 0. The van der Waals surface area contributed by atoms with E-state index in [2.05, 4.69) is 13.8 Å². The van der Waals surface area contributed by atoms with Crippen LogP contribution in [0.25, 0.3) is 0 Å². The molecule has 16 heavy (non-hydrogen) atoms. The summed E-state index contributed by atoms with van der Waals surface area (Å²) in [5.41, 5.74) is 7.03. The van der Waals surface area contributed by atoms with Crippen LogP contribution < -0.4 is 5.73 Å². The summed E-state index contributed by atoms with van der Waals surface area (Å²) >= 11 is 0. The molecule has 0 amide bonds. The van der Waals surface area contributed by atoms with Crippen molar-refractivity contribution in [2.24, 2.45) is 11.7 Å². The zero-order chi connectivity index (χ0) is 12.0. The van der Waals surface area contributed by atoms with Gasteiger partial charge in [-0.2, -0.15) is 0 Å². The number of benzene rings is 1. The molecule has 0 heterocycles. The van der Waals surface area contributed by atoms with Crippen LogP contribution in [0.4, 0.5) is 0 Å². The van der Waals surface area contributed by atoms with Gasteiger partial charge < -0.3 is 10.5 Å². The van der Waals surface area contributed by atoms with E-state index in [4.69, 9.17) is 10.5 Å². The first-order valence-corrected chi connectivity index (χ1v) is 5.59. The molecular weight excluding hydrogens is 202 g/mol. The number of hydrogen-bond donors (Lipinski definition) is 1. The van der Waals surface area contributed by atoms with Gasteiger partial charge in [0, 0.05) is 6.54 Å². The van der Waals surface area contributed by atoms with Crippen LogP contribution in [0.3, 0.4) is 0 Å². The van der Waals surface area contributed by atoms with E-state index >= 15 is 0 Å². The molecule has 0 aromatic heterocycles. The van der Waals surface area contributed by atoms with Gasteiger partial charge in [0.15, 0.2) is 0 Å². The topological polar surface area (TPSA) is 52.3 Å². The number of carbonyl (C=O) groups is 1. The van der Waals surface area contributed by atoms with Gasteiger partial charge in [-0.25, -0.2) is 4.79 Å². The van der Waals surface area contributed by atoms with Gasteiger partial charge in [-0.15, -0.1) is 0 Å². The van der Waals surface area contributed by atoms with Crippen molar-refractivity contribution in [3.8, 4) is 0 Å².